The highest BCUT2D eigenvalue weighted by atomic mass is 16.6. The van der Waals surface area contributed by atoms with Crippen LogP contribution in [-0.4, -0.2) is 37.1 Å². The zero-order valence-electron chi connectivity index (χ0n) is 15.3. The Morgan fingerprint density at radius 3 is 2.88 bits per heavy atom. The van der Waals surface area contributed by atoms with Crippen molar-refractivity contribution in [3.8, 4) is 0 Å². The Morgan fingerprint density at radius 2 is 2.04 bits per heavy atom. The number of carbonyl (C=O) groups excluding carboxylic acids is 2. The maximum Gasteiger partial charge on any atom is 0.307 e. The van der Waals surface area contributed by atoms with Crippen molar-refractivity contribution in [2.45, 2.75) is 57.0 Å². The van der Waals surface area contributed by atoms with Crippen molar-refractivity contribution >= 4 is 17.6 Å². The van der Waals surface area contributed by atoms with Crippen LogP contribution in [0.4, 0.5) is 5.69 Å². The molecule has 3 aliphatic rings. The summed E-state index contributed by atoms with van der Waals surface area (Å²) in [6.07, 6.45) is 7.26. The Balaban J connectivity index is 1.28. The molecular weight excluding hydrogens is 328 g/mol. The normalized spacial score (nSPS) is 23.8. The van der Waals surface area contributed by atoms with E-state index in [1.54, 1.807) is 0 Å². The van der Waals surface area contributed by atoms with Gasteiger partial charge in [-0.2, -0.15) is 0 Å². The zero-order valence-corrected chi connectivity index (χ0v) is 15.3. The van der Waals surface area contributed by atoms with Gasteiger partial charge in [0, 0.05) is 25.3 Å². The number of fused-ring (bicyclic) bond motifs is 1. The number of aryl methyl sites for hydroxylation is 1. The Kier molecular flexibility index (Phi) is 4.88. The lowest BCUT2D eigenvalue weighted by molar-refractivity contribution is -0.149. The van der Waals surface area contributed by atoms with Crippen LogP contribution in [-0.2, 0) is 20.7 Å². The quantitative estimate of drug-likeness (QED) is 0.651. The minimum absolute atomic E-state index is 0.00297. The molecule has 0 bridgehead atoms. The molecule has 5 nitrogen and oxygen atoms in total. The molecule has 0 aromatic heterocycles. The van der Waals surface area contributed by atoms with Crippen molar-refractivity contribution in [1.29, 1.82) is 0 Å². The summed E-state index contributed by atoms with van der Waals surface area (Å²) < 4.78 is 5.58. The van der Waals surface area contributed by atoms with Crippen molar-refractivity contribution in [3.63, 3.8) is 0 Å². The third-order valence-corrected chi connectivity index (χ3v) is 6.20. The molecule has 1 saturated heterocycles. The maximum absolute atomic E-state index is 12.6. The summed E-state index contributed by atoms with van der Waals surface area (Å²) in [6.45, 7) is 2.68. The Bertz CT molecular complexity index is 682. The molecule has 1 atom stereocenters. The number of carbonyl (C=O) groups is 2. The number of hydrogen-bond donors (Lipinski definition) is 1. The van der Waals surface area contributed by atoms with Gasteiger partial charge in [-0.25, -0.2) is 0 Å². The third kappa shape index (κ3) is 3.31. The fraction of sp³-hybridized carbons (Fsp3) is 0.619. The van der Waals surface area contributed by atoms with Crippen LogP contribution in [0.5, 0.6) is 0 Å². The van der Waals surface area contributed by atoms with Gasteiger partial charge in [0.25, 0.3) is 0 Å². The summed E-state index contributed by atoms with van der Waals surface area (Å²) in [6, 6.07) is 8.60. The maximum atomic E-state index is 12.6. The van der Waals surface area contributed by atoms with Gasteiger partial charge < -0.3 is 15.0 Å². The second-order valence-corrected chi connectivity index (χ2v) is 7.87. The molecule has 1 amide bonds. The molecule has 0 radical (unpaired) electrons. The van der Waals surface area contributed by atoms with E-state index in [1.807, 2.05) is 0 Å². The minimum atomic E-state index is -0.507. The first-order valence-corrected chi connectivity index (χ1v) is 10.0. The standard InChI is InChI=1S/C21H28N2O3/c24-19-15-17(21(26-19)10-3-4-11-21)20(25)22-12-6-14-23-13-5-8-16-7-1-2-9-18(16)23/h1-2,7,9,17H,3-6,8,10-15H2,(H,22,25). The summed E-state index contributed by atoms with van der Waals surface area (Å²) in [5.41, 5.74) is 2.25. The van der Waals surface area contributed by atoms with Crippen molar-refractivity contribution in [1.82, 2.24) is 5.32 Å². The molecule has 1 aliphatic carbocycles. The number of nitrogens with one attached hydrogen (secondary N) is 1. The smallest absolute Gasteiger partial charge is 0.307 e. The van der Waals surface area contributed by atoms with Gasteiger partial charge >= 0.3 is 5.97 Å². The topological polar surface area (TPSA) is 58.6 Å². The lowest BCUT2D eigenvalue weighted by Crippen LogP contribution is -2.43. The average molecular weight is 356 g/mol. The monoisotopic (exact) mass is 356 g/mol. The van der Waals surface area contributed by atoms with E-state index in [1.165, 1.54) is 17.7 Å². The van der Waals surface area contributed by atoms with Crippen LogP contribution in [0.3, 0.4) is 0 Å². The number of nitrogens with zero attached hydrogens (tertiary/aromatic N) is 1. The molecule has 4 rings (SSSR count). The summed E-state index contributed by atoms with van der Waals surface area (Å²) in [7, 11) is 0. The summed E-state index contributed by atoms with van der Waals surface area (Å²) in [5, 5.41) is 3.06. The Labute approximate surface area is 155 Å². The molecule has 1 saturated carbocycles. The lowest BCUT2D eigenvalue weighted by atomic mass is 9.85. The van der Waals surface area contributed by atoms with E-state index in [-0.39, 0.29) is 24.2 Å². The fourth-order valence-electron chi connectivity index (χ4n) is 4.90. The van der Waals surface area contributed by atoms with Gasteiger partial charge in [0.1, 0.15) is 5.60 Å². The van der Waals surface area contributed by atoms with Crippen molar-refractivity contribution in [2.75, 3.05) is 24.5 Å². The van der Waals surface area contributed by atoms with Crippen molar-refractivity contribution in [3.05, 3.63) is 29.8 Å². The van der Waals surface area contributed by atoms with Crippen LogP contribution in [0.25, 0.3) is 0 Å². The fourth-order valence-corrected chi connectivity index (χ4v) is 4.90. The molecular formula is C21H28N2O3. The lowest BCUT2D eigenvalue weighted by Gasteiger charge is -2.31. The SMILES string of the molecule is O=C1CC(C(=O)NCCCN2CCCc3ccccc32)C2(CCCC2)O1. The first-order valence-electron chi connectivity index (χ1n) is 10.0. The van der Waals surface area contributed by atoms with Crippen LogP contribution < -0.4 is 10.2 Å². The largest absolute Gasteiger partial charge is 0.458 e. The average Bonchev–Trinajstić information content (AvgIpc) is 3.25. The molecule has 140 valence electrons. The summed E-state index contributed by atoms with van der Waals surface area (Å²) in [4.78, 5) is 26.8. The predicted octanol–water partition coefficient (Wildman–Crippen LogP) is 2.82. The molecule has 26 heavy (non-hydrogen) atoms. The van der Waals surface area contributed by atoms with Gasteiger partial charge in [0.05, 0.1) is 12.3 Å². The van der Waals surface area contributed by atoms with Crippen LogP contribution in [0.15, 0.2) is 24.3 Å². The molecule has 5 heteroatoms. The van der Waals surface area contributed by atoms with Gasteiger partial charge in [-0.3, -0.25) is 9.59 Å². The van der Waals surface area contributed by atoms with Crippen LogP contribution in [0.2, 0.25) is 0 Å². The van der Waals surface area contributed by atoms with Gasteiger partial charge in [-0.05, 0) is 56.6 Å². The number of hydrogen-bond acceptors (Lipinski definition) is 4. The Hall–Kier alpha value is -2.04. The zero-order chi connectivity index (χ0) is 18.0. The first kappa shape index (κ1) is 17.4. The highest BCUT2D eigenvalue weighted by Crippen LogP contribution is 2.45. The number of para-hydroxylation sites is 1. The molecule has 2 aliphatic heterocycles. The van der Waals surface area contributed by atoms with Crippen LogP contribution in [0.1, 0.15) is 50.5 Å². The highest BCUT2D eigenvalue weighted by Gasteiger charge is 2.53. The predicted molar refractivity (Wildman–Crippen MR) is 100 cm³/mol. The highest BCUT2D eigenvalue weighted by molar-refractivity contribution is 5.87. The second kappa shape index (κ2) is 7.29. The number of rotatable bonds is 5. The van der Waals surface area contributed by atoms with E-state index in [0.717, 1.165) is 51.6 Å². The summed E-state index contributed by atoms with van der Waals surface area (Å²) >= 11 is 0. The molecule has 1 aromatic rings. The van der Waals surface area contributed by atoms with E-state index in [0.29, 0.717) is 6.54 Å². The van der Waals surface area contributed by atoms with Gasteiger partial charge in [0.15, 0.2) is 0 Å². The van der Waals surface area contributed by atoms with Gasteiger partial charge in [0.2, 0.25) is 5.91 Å². The minimum Gasteiger partial charge on any atom is -0.458 e. The van der Waals surface area contributed by atoms with E-state index in [2.05, 4.69) is 34.5 Å². The van der Waals surface area contributed by atoms with Crippen LogP contribution in [0, 0.1) is 5.92 Å². The summed E-state index contributed by atoms with van der Waals surface area (Å²) in [5.74, 6) is -0.512. The number of amides is 1. The first-order chi connectivity index (χ1) is 12.7. The van der Waals surface area contributed by atoms with E-state index in [9.17, 15) is 9.59 Å². The van der Waals surface area contributed by atoms with Gasteiger partial charge in [-0.15, -0.1) is 0 Å². The number of anilines is 1. The molecule has 2 fully saturated rings. The number of ether oxygens (including phenoxy) is 1. The number of benzene rings is 1. The number of esters is 1. The molecule has 1 N–H and O–H groups in total. The van der Waals surface area contributed by atoms with Gasteiger partial charge in [-0.1, -0.05) is 18.2 Å². The van der Waals surface area contributed by atoms with E-state index < -0.39 is 5.60 Å². The molecule has 1 spiro atoms. The second-order valence-electron chi connectivity index (χ2n) is 7.87. The van der Waals surface area contributed by atoms with E-state index >= 15 is 0 Å². The Morgan fingerprint density at radius 1 is 1.23 bits per heavy atom. The van der Waals surface area contributed by atoms with Crippen LogP contribution >= 0.6 is 0 Å². The van der Waals surface area contributed by atoms with Crippen molar-refractivity contribution < 1.29 is 14.3 Å². The van der Waals surface area contributed by atoms with E-state index in [4.69, 9.17) is 4.74 Å². The molecule has 2 heterocycles. The van der Waals surface area contributed by atoms with Crippen molar-refractivity contribution in [2.24, 2.45) is 5.92 Å². The molecule has 1 unspecified atom stereocenters. The third-order valence-electron chi connectivity index (χ3n) is 6.20. The molecule has 1 aromatic carbocycles.